The molecule has 0 radical (unpaired) electrons. The summed E-state index contributed by atoms with van der Waals surface area (Å²) in [6.07, 6.45) is 0. The summed E-state index contributed by atoms with van der Waals surface area (Å²) >= 11 is 0. The number of nitrogens with zero attached hydrogens (tertiary/aromatic N) is 1. The normalized spacial score (nSPS) is 15.8. The molecule has 1 aliphatic heterocycles. The van der Waals surface area contributed by atoms with Crippen LogP contribution in [0.25, 0.3) is 0 Å². The van der Waals surface area contributed by atoms with Crippen molar-refractivity contribution in [3.05, 3.63) is 59.9 Å². The number of quaternary nitrogens is 1. The van der Waals surface area contributed by atoms with Gasteiger partial charge in [-0.25, -0.2) is 12.8 Å². The van der Waals surface area contributed by atoms with Gasteiger partial charge in [-0.15, -0.1) is 0 Å². The fourth-order valence-electron chi connectivity index (χ4n) is 3.21. The van der Waals surface area contributed by atoms with Crippen LogP contribution >= 0.6 is 0 Å². The molecule has 2 aromatic rings. The monoisotopic (exact) mass is 420 g/mol. The lowest BCUT2D eigenvalue weighted by molar-refractivity contribution is -0.895. The van der Waals surface area contributed by atoms with Gasteiger partial charge in [0.15, 0.2) is 12.3 Å². The lowest BCUT2D eigenvalue weighted by atomic mass is 10.2. The molecule has 0 spiro atoms. The quantitative estimate of drug-likeness (QED) is 0.669. The minimum atomic E-state index is -3.65. The maximum atomic E-state index is 13.6. The lowest BCUT2D eigenvalue weighted by Gasteiger charge is -2.31. The Bertz CT molecular complexity index is 1000. The van der Waals surface area contributed by atoms with Crippen molar-refractivity contribution >= 4 is 27.4 Å². The molecule has 1 heterocycles. The van der Waals surface area contributed by atoms with E-state index in [9.17, 15) is 22.4 Å². The predicted octanol–water partition coefficient (Wildman–Crippen LogP) is 0.556. The number of hydrogen-bond acceptors (Lipinski definition) is 4. The summed E-state index contributed by atoms with van der Waals surface area (Å²) in [7, 11) is -3.65. The van der Waals surface area contributed by atoms with E-state index in [1.54, 1.807) is 12.1 Å². The zero-order chi connectivity index (χ0) is 21.0. The predicted molar refractivity (Wildman–Crippen MR) is 106 cm³/mol. The van der Waals surface area contributed by atoms with Crippen LogP contribution in [0.3, 0.4) is 0 Å². The van der Waals surface area contributed by atoms with E-state index in [1.165, 1.54) is 47.6 Å². The first kappa shape index (κ1) is 21.1. The van der Waals surface area contributed by atoms with E-state index in [-0.39, 0.29) is 41.9 Å². The second-order valence-corrected chi connectivity index (χ2v) is 8.88. The number of piperazine rings is 1. The number of halogens is 1. The van der Waals surface area contributed by atoms with E-state index >= 15 is 0 Å². The molecule has 2 N–H and O–H groups in total. The lowest BCUT2D eigenvalue weighted by Crippen LogP contribution is -3.15. The first-order valence-corrected chi connectivity index (χ1v) is 10.7. The molecule has 1 amide bonds. The van der Waals surface area contributed by atoms with Gasteiger partial charge >= 0.3 is 0 Å². The molecule has 1 fully saturated rings. The second-order valence-electron chi connectivity index (χ2n) is 6.94. The number of carbonyl (C=O) groups excluding carboxylic acids is 2. The summed E-state index contributed by atoms with van der Waals surface area (Å²) in [5.74, 6) is -0.941. The van der Waals surface area contributed by atoms with Crippen LogP contribution in [0.1, 0.15) is 17.3 Å². The number of para-hydroxylation sites is 1. The third-order valence-electron chi connectivity index (χ3n) is 4.89. The Kier molecular flexibility index (Phi) is 6.41. The van der Waals surface area contributed by atoms with Crippen LogP contribution in [0, 0.1) is 5.82 Å². The van der Waals surface area contributed by atoms with Gasteiger partial charge in [-0.2, -0.15) is 4.31 Å². The number of anilines is 1. The van der Waals surface area contributed by atoms with Crippen LogP contribution in [-0.4, -0.2) is 57.1 Å². The Morgan fingerprint density at radius 3 is 2.28 bits per heavy atom. The molecule has 29 heavy (non-hydrogen) atoms. The van der Waals surface area contributed by atoms with Gasteiger partial charge in [-0.3, -0.25) is 9.59 Å². The fourth-order valence-corrected chi connectivity index (χ4v) is 4.66. The van der Waals surface area contributed by atoms with Crippen molar-refractivity contribution in [3.8, 4) is 0 Å². The highest BCUT2D eigenvalue weighted by molar-refractivity contribution is 7.89. The average molecular weight is 420 g/mol. The van der Waals surface area contributed by atoms with Crippen molar-refractivity contribution in [1.29, 1.82) is 0 Å². The summed E-state index contributed by atoms with van der Waals surface area (Å²) < 4.78 is 40.6. The molecule has 1 aliphatic rings. The topological polar surface area (TPSA) is 88.0 Å². The Morgan fingerprint density at radius 1 is 1.07 bits per heavy atom. The number of rotatable bonds is 6. The van der Waals surface area contributed by atoms with E-state index in [0.29, 0.717) is 18.7 Å². The molecule has 0 bridgehead atoms. The van der Waals surface area contributed by atoms with Crippen molar-refractivity contribution in [2.75, 3.05) is 38.0 Å². The number of carbonyl (C=O) groups is 2. The summed E-state index contributed by atoms with van der Waals surface area (Å²) in [6, 6.07) is 11.8. The Hall–Kier alpha value is -2.62. The van der Waals surface area contributed by atoms with Gasteiger partial charge in [-0.05, 0) is 31.2 Å². The number of hydrogen-bond donors (Lipinski definition) is 2. The highest BCUT2D eigenvalue weighted by Crippen LogP contribution is 2.17. The molecule has 0 unspecified atom stereocenters. The van der Waals surface area contributed by atoms with Crippen molar-refractivity contribution < 1.29 is 27.3 Å². The van der Waals surface area contributed by atoms with E-state index in [2.05, 4.69) is 5.32 Å². The summed E-state index contributed by atoms with van der Waals surface area (Å²) in [5.41, 5.74) is 0.589. The number of ketones is 1. The molecule has 3 rings (SSSR count). The van der Waals surface area contributed by atoms with Gasteiger partial charge in [0.2, 0.25) is 10.0 Å². The fraction of sp³-hybridized carbons (Fsp3) is 0.300. The molecular weight excluding hydrogens is 397 g/mol. The minimum Gasteiger partial charge on any atom is -0.325 e. The van der Waals surface area contributed by atoms with Gasteiger partial charge in [0.25, 0.3) is 5.91 Å². The Balaban J connectivity index is 1.56. The molecule has 0 saturated carbocycles. The van der Waals surface area contributed by atoms with Gasteiger partial charge in [0, 0.05) is 5.56 Å². The van der Waals surface area contributed by atoms with Crippen LogP contribution < -0.4 is 10.2 Å². The minimum absolute atomic E-state index is 0.125. The van der Waals surface area contributed by atoms with Gasteiger partial charge in [0.05, 0.1) is 36.8 Å². The van der Waals surface area contributed by atoms with Crippen LogP contribution in [0.2, 0.25) is 0 Å². The number of Topliss-reactive ketones (excluding diaryl/α,β-unsaturated/α-hetero) is 1. The van der Waals surface area contributed by atoms with E-state index in [0.717, 1.165) is 4.90 Å². The van der Waals surface area contributed by atoms with Crippen molar-refractivity contribution in [3.63, 3.8) is 0 Å². The first-order chi connectivity index (χ1) is 13.8. The third kappa shape index (κ3) is 5.06. The summed E-state index contributed by atoms with van der Waals surface area (Å²) in [5, 5.41) is 2.55. The summed E-state index contributed by atoms with van der Waals surface area (Å²) in [6.45, 7) is 3.05. The standard InChI is InChI=1S/C20H22FN3O4S/c1-15(25)16-6-8-17(9-7-16)29(27,28)24-12-10-23(11-13-24)14-20(26)22-19-5-3-2-4-18(19)21/h2-9H,10-14H2,1H3,(H,22,26)/p+1. The van der Waals surface area contributed by atoms with Crippen molar-refractivity contribution in [2.24, 2.45) is 0 Å². The van der Waals surface area contributed by atoms with E-state index < -0.39 is 15.8 Å². The zero-order valence-corrected chi connectivity index (χ0v) is 16.8. The number of amides is 1. The Labute approximate surface area is 169 Å². The van der Waals surface area contributed by atoms with Crippen LogP contribution in [0.15, 0.2) is 53.4 Å². The van der Waals surface area contributed by atoms with E-state index in [1.807, 2.05) is 0 Å². The first-order valence-electron chi connectivity index (χ1n) is 9.26. The van der Waals surface area contributed by atoms with Gasteiger partial charge in [0.1, 0.15) is 5.82 Å². The largest absolute Gasteiger partial charge is 0.325 e. The maximum Gasteiger partial charge on any atom is 0.279 e. The maximum absolute atomic E-state index is 13.6. The van der Waals surface area contributed by atoms with Crippen LogP contribution in [0.5, 0.6) is 0 Å². The molecule has 154 valence electrons. The molecule has 7 nitrogen and oxygen atoms in total. The van der Waals surface area contributed by atoms with Crippen molar-refractivity contribution in [1.82, 2.24) is 4.31 Å². The summed E-state index contributed by atoms with van der Waals surface area (Å²) in [4.78, 5) is 24.6. The average Bonchev–Trinajstić information content (AvgIpc) is 2.70. The molecule has 1 saturated heterocycles. The Morgan fingerprint density at radius 2 is 1.69 bits per heavy atom. The highest BCUT2D eigenvalue weighted by atomic mass is 32.2. The van der Waals surface area contributed by atoms with Gasteiger partial charge in [-0.1, -0.05) is 24.3 Å². The zero-order valence-electron chi connectivity index (χ0n) is 16.0. The smallest absolute Gasteiger partial charge is 0.279 e. The second kappa shape index (κ2) is 8.81. The molecule has 0 aliphatic carbocycles. The highest BCUT2D eigenvalue weighted by Gasteiger charge is 2.31. The van der Waals surface area contributed by atoms with Gasteiger partial charge < -0.3 is 10.2 Å². The SMILES string of the molecule is CC(=O)c1ccc(S(=O)(=O)N2CC[NH+](CC(=O)Nc3ccccc3F)CC2)cc1. The molecule has 0 aromatic heterocycles. The van der Waals surface area contributed by atoms with Crippen LogP contribution in [0.4, 0.5) is 10.1 Å². The number of benzene rings is 2. The van der Waals surface area contributed by atoms with Crippen LogP contribution in [-0.2, 0) is 14.8 Å². The molecule has 2 aromatic carbocycles. The van der Waals surface area contributed by atoms with Crippen molar-refractivity contribution in [2.45, 2.75) is 11.8 Å². The third-order valence-corrected chi connectivity index (χ3v) is 6.80. The number of sulfonamides is 1. The number of nitrogens with one attached hydrogen (secondary N) is 2. The molecule has 0 atom stereocenters. The van der Waals surface area contributed by atoms with E-state index in [4.69, 9.17) is 0 Å². The molecule has 9 heteroatoms. The molecular formula is C20H23FN3O4S+.